The Morgan fingerprint density at radius 1 is 1.14 bits per heavy atom. The number of halogens is 1. The Bertz CT molecular complexity index is 1340. The van der Waals surface area contributed by atoms with Gasteiger partial charge in [0.15, 0.2) is 0 Å². The second-order valence-corrected chi connectivity index (χ2v) is 9.05. The lowest BCUT2D eigenvalue weighted by molar-refractivity contribution is -0.134. The van der Waals surface area contributed by atoms with Crippen molar-refractivity contribution in [3.63, 3.8) is 0 Å². The van der Waals surface area contributed by atoms with Gasteiger partial charge in [0.2, 0.25) is 11.9 Å². The predicted octanol–water partition coefficient (Wildman–Crippen LogP) is 3.35. The number of oxazole rings is 1. The highest BCUT2D eigenvalue weighted by molar-refractivity contribution is 5.82. The number of rotatable bonds is 5. The second kappa shape index (κ2) is 9.10. The first kappa shape index (κ1) is 21.7. The summed E-state index contributed by atoms with van der Waals surface area (Å²) in [7, 11) is 0. The van der Waals surface area contributed by atoms with E-state index in [9.17, 15) is 9.18 Å². The largest absolute Gasteiger partial charge is 0.432 e. The van der Waals surface area contributed by atoms with Crippen LogP contribution in [0.15, 0.2) is 53.4 Å². The maximum absolute atomic E-state index is 13.5. The van der Waals surface area contributed by atoms with Crippen molar-refractivity contribution in [2.45, 2.75) is 37.8 Å². The first-order chi connectivity index (χ1) is 17.2. The first-order valence-corrected chi connectivity index (χ1v) is 12.0. The van der Waals surface area contributed by atoms with E-state index in [-0.39, 0.29) is 23.8 Å². The quantitative estimate of drug-likeness (QED) is 0.457. The van der Waals surface area contributed by atoms with E-state index in [0.717, 1.165) is 50.0 Å². The van der Waals surface area contributed by atoms with Gasteiger partial charge in [-0.2, -0.15) is 4.98 Å². The molecule has 0 bridgehead atoms. The summed E-state index contributed by atoms with van der Waals surface area (Å²) in [5.74, 6) is 0.795. The van der Waals surface area contributed by atoms with Crippen molar-refractivity contribution in [2.24, 2.45) is 0 Å². The van der Waals surface area contributed by atoms with Crippen LogP contribution in [0.25, 0.3) is 28.5 Å². The van der Waals surface area contributed by atoms with Gasteiger partial charge in [0, 0.05) is 37.1 Å². The van der Waals surface area contributed by atoms with Crippen LogP contribution in [0.2, 0.25) is 0 Å². The number of carbonyl (C=O) groups excluding carboxylic acids is 1. The van der Waals surface area contributed by atoms with E-state index in [1.54, 1.807) is 30.8 Å². The van der Waals surface area contributed by atoms with Gasteiger partial charge < -0.3 is 20.0 Å². The summed E-state index contributed by atoms with van der Waals surface area (Å²) in [4.78, 5) is 28.6. The Morgan fingerprint density at radius 2 is 2.03 bits per heavy atom. The molecule has 2 fully saturated rings. The summed E-state index contributed by atoms with van der Waals surface area (Å²) in [6.07, 6.45) is 8.87. The van der Waals surface area contributed by atoms with E-state index >= 15 is 0 Å². The molecule has 180 valence electrons. The minimum Gasteiger partial charge on any atom is -0.432 e. The van der Waals surface area contributed by atoms with Gasteiger partial charge in [0.25, 0.3) is 0 Å². The third-order valence-corrected chi connectivity index (χ3v) is 6.70. The van der Waals surface area contributed by atoms with Crippen LogP contribution < -0.4 is 10.6 Å². The first-order valence-electron chi connectivity index (χ1n) is 12.0. The minimum atomic E-state index is -0.310. The molecule has 2 saturated heterocycles. The van der Waals surface area contributed by atoms with Crippen molar-refractivity contribution in [2.75, 3.05) is 25.0 Å². The fourth-order valence-corrected chi connectivity index (χ4v) is 4.99. The fraction of sp³-hybridized carbons (Fsp3) is 0.360. The lowest BCUT2D eigenvalue weighted by Crippen LogP contribution is -2.50. The van der Waals surface area contributed by atoms with Crippen LogP contribution in [0, 0.1) is 5.82 Å². The molecule has 2 aliphatic rings. The van der Waals surface area contributed by atoms with Gasteiger partial charge >= 0.3 is 5.84 Å². The number of amides is 1. The fourth-order valence-electron chi connectivity index (χ4n) is 4.99. The summed E-state index contributed by atoms with van der Waals surface area (Å²) in [6.45, 7) is 2.32. The third-order valence-electron chi connectivity index (χ3n) is 6.70. The molecule has 1 amide bonds. The molecule has 4 aromatic rings. The van der Waals surface area contributed by atoms with Crippen LogP contribution in [-0.2, 0) is 4.79 Å². The standard InChI is InChI=1S/C25H26FN7O2/c26-17-7-5-16(6-8-17)21-22(33-13-14-35-25(33)31-21)19-9-11-28-24(30-19)29-18-3-2-12-32(15-18)23(34)20-4-1-10-27-20/h5-9,11,13-14,18,20,27H,1-4,10,12,15H2,(H,28,29,30)/t18-,20+/m1/s1. The van der Waals surface area contributed by atoms with Crippen LogP contribution >= 0.6 is 0 Å². The van der Waals surface area contributed by atoms with E-state index in [4.69, 9.17) is 9.40 Å². The number of likely N-dealkylation sites (tertiary alicyclic amines) is 1. The Balaban J connectivity index is 1.26. The summed E-state index contributed by atoms with van der Waals surface area (Å²) >= 11 is 0. The van der Waals surface area contributed by atoms with Gasteiger partial charge in [0.1, 0.15) is 23.5 Å². The van der Waals surface area contributed by atoms with Gasteiger partial charge in [-0.25, -0.2) is 14.4 Å². The highest BCUT2D eigenvalue weighted by atomic mass is 19.1. The van der Waals surface area contributed by atoms with Crippen molar-refractivity contribution in [1.82, 2.24) is 29.6 Å². The molecule has 0 aliphatic carbocycles. The smallest absolute Gasteiger partial charge is 0.306 e. The van der Waals surface area contributed by atoms with Gasteiger partial charge in [-0.05, 0) is 62.6 Å². The number of imidazole rings is 1. The number of fused-ring (bicyclic) bond motifs is 1. The molecule has 2 N–H and O–H groups in total. The molecular formula is C25H26FN7O2. The zero-order valence-electron chi connectivity index (χ0n) is 19.2. The molecule has 2 atom stereocenters. The number of anilines is 1. The number of piperidine rings is 1. The van der Waals surface area contributed by atoms with Crippen molar-refractivity contribution in [3.8, 4) is 22.6 Å². The Hall–Kier alpha value is -3.79. The number of hydrogen-bond donors (Lipinski definition) is 2. The number of aromatic nitrogens is 4. The molecule has 9 nitrogen and oxygen atoms in total. The summed E-state index contributed by atoms with van der Waals surface area (Å²) in [5, 5.41) is 6.73. The molecule has 2 aliphatic heterocycles. The Labute approximate surface area is 201 Å². The van der Waals surface area contributed by atoms with Crippen molar-refractivity contribution < 1.29 is 13.6 Å². The monoisotopic (exact) mass is 475 g/mol. The third kappa shape index (κ3) is 4.25. The van der Waals surface area contributed by atoms with Crippen LogP contribution in [-0.4, -0.2) is 61.9 Å². The van der Waals surface area contributed by atoms with E-state index in [0.29, 0.717) is 29.7 Å². The highest BCUT2D eigenvalue weighted by Gasteiger charge is 2.30. The molecule has 0 radical (unpaired) electrons. The van der Waals surface area contributed by atoms with E-state index < -0.39 is 0 Å². The normalized spacial score (nSPS) is 20.4. The molecule has 0 spiro atoms. The number of nitrogens with one attached hydrogen (secondary N) is 2. The number of hydrogen-bond acceptors (Lipinski definition) is 7. The van der Waals surface area contributed by atoms with Crippen LogP contribution in [0.1, 0.15) is 25.7 Å². The Kier molecular flexibility index (Phi) is 5.65. The lowest BCUT2D eigenvalue weighted by atomic mass is 10.0. The van der Waals surface area contributed by atoms with Crippen LogP contribution in [0.3, 0.4) is 0 Å². The van der Waals surface area contributed by atoms with Gasteiger partial charge in [-0.15, -0.1) is 0 Å². The number of benzene rings is 1. The maximum Gasteiger partial charge on any atom is 0.306 e. The number of nitrogens with zero attached hydrogens (tertiary/aromatic N) is 5. The van der Waals surface area contributed by atoms with E-state index in [2.05, 4.69) is 20.6 Å². The summed E-state index contributed by atoms with van der Waals surface area (Å²) in [5.41, 5.74) is 2.80. The number of carbonyl (C=O) groups is 1. The molecular weight excluding hydrogens is 449 g/mol. The van der Waals surface area contributed by atoms with Gasteiger partial charge in [-0.1, -0.05) is 0 Å². The lowest BCUT2D eigenvalue weighted by Gasteiger charge is -2.34. The average Bonchev–Trinajstić information content (AvgIpc) is 3.62. The molecule has 0 saturated carbocycles. The zero-order valence-corrected chi connectivity index (χ0v) is 19.2. The maximum atomic E-state index is 13.5. The van der Waals surface area contributed by atoms with Crippen molar-refractivity contribution in [3.05, 3.63) is 54.8 Å². The molecule has 0 unspecified atom stereocenters. The topological polar surface area (TPSA) is 101 Å². The predicted molar refractivity (Wildman–Crippen MR) is 128 cm³/mol. The molecule has 10 heteroatoms. The summed E-state index contributed by atoms with van der Waals surface area (Å²) in [6, 6.07) is 8.02. The van der Waals surface area contributed by atoms with Crippen molar-refractivity contribution >= 4 is 17.7 Å². The molecule has 35 heavy (non-hydrogen) atoms. The van der Waals surface area contributed by atoms with Crippen LogP contribution in [0.4, 0.5) is 10.3 Å². The molecule has 6 rings (SSSR count). The zero-order chi connectivity index (χ0) is 23.8. The molecule has 1 aromatic carbocycles. The van der Waals surface area contributed by atoms with E-state index in [1.165, 1.54) is 12.1 Å². The average molecular weight is 476 g/mol. The molecule has 3 aromatic heterocycles. The van der Waals surface area contributed by atoms with Crippen LogP contribution in [0.5, 0.6) is 0 Å². The van der Waals surface area contributed by atoms with Gasteiger partial charge in [0.05, 0.1) is 11.7 Å². The minimum absolute atomic E-state index is 0.0579. The Morgan fingerprint density at radius 3 is 2.86 bits per heavy atom. The summed E-state index contributed by atoms with van der Waals surface area (Å²) < 4.78 is 20.8. The highest BCUT2D eigenvalue weighted by Crippen LogP contribution is 2.32. The molecule has 5 heterocycles. The second-order valence-electron chi connectivity index (χ2n) is 9.05. The van der Waals surface area contributed by atoms with Crippen molar-refractivity contribution in [1.29, 1.82) is 0 Å². The van der Waals surface area contributed by atoms with Gasteiger partial charge in [-0.3, -0.25) is 9.20 Å². The van der Waals surface area contributed by atoms with E-state index in [1.807, 2.05) is 15.4 Å². The SMILES string of the molecule is O=C([C@@H]1CCCN1)N1CCC[C@@H](Nc2nccc(-c3c(-c4ccc(F)cc4)nc4occn34)n2)C1.